The quantitative estimate of drug-likeness (QED) is 0.560. The molecule has 0 aromatic rings. The van der Waals surface area contributed by atoms with Crippen LogP contribution >= 0.6 is 0 Å². The fraction of sp³-hybridized carbons (Fsp3) is 0.727. The maximum Gasteiger partial charge on any atom is 0.333 e. The third kappa shape index (κ3) is 7.65. The molecule has 0 amide bonds. The number of hydrogen-bond donors (Lipinski definition) is 1. The number of ether oxygens (including phenoxy) is 1. The molecule has 0 bridgehead atoms. The minimum absolute atomic E-state index is 0.365. The fourth-order valence-corrected chi connectivity index (χ4v) is 1.01. The molecule has 2 N–H and O–H groups in total. The zero-order valence-electron chi connectivity index (χ0n) is 9.76. The molecular weight excluding hydrogens is 178 g/mol. The molecule has 3 heteroatoms. The highest BCUT2D eigenvalue weighted by molar-refractivity contribution is 5.82. The molecule has 14 heavy (non-hydrogen) atoms. The first kappa shape index (κ1) is 13.0. The Kier molecular flexibility index (Phi) is 4.68. The molecular formula is C11H21NO2. The van der Waals surface area contributed by atoms with Gasteiger partial charge in [0.2, 0.25) is 0 Å². The van der Waals surface area contributed by atoms with Crippen LogP contribution in [-0.2, 0) is 9.53 Å². The van der Waals surface area contributed by atoms with Crippen LogP contribution in [0.15, 0.2) is 11.8 Å². The second-order valence-electron chi connectivity index (χ2n) is 4.85. The van der Waals surface area contributed by atoms with Crippen LogP contribution in [0.1, 0.15) is 41.0 Å². The van der Waals surface area contributed by atoms with Gasteiger partial charge in [0.1, 0.15) is 5.60 Å². The van der Waals surface area contributed by atoms with Crippen LogP contribution in [0.4, 0.5) is 0 Å². The summed E-state index contributed by atoms with van der Waals surface area (Å²) in [5, 5.41) is 0. The van der Waals surface area contributed by atoms with Crippen molar-refractivity contribution < 1.29 is 9.53 Å². The predicted octanol–water partition coefficient (Wildman–Crippen LogP) is 2.22. The smallest absolute Gasteiger partial charge is 0.333 e. The third-order valence-electron chi connectivity index (χ3n) is 1.35. The molecule has 0 aromatic carbocycles. The van der Waals surface area contributed by atoms with Gasteiger partial charge in [-0.1, -0.05) is 13.8 Å². The van der Waals surface area contributed by atoms with E-state index in [-0.39, 0.29) is 5.97 Å². The largest absolute Gasteiger partial charge is 0.457 e. The lowest BCUT2D eigenvalue weighted by atomic mass is 10.1. The molecule has 0 atom stereocenters. The van der Waals surface area contributed by atoms with Crippen molar-refractivity contribution in [3.05, 3.63) is 11.8 Å². The maximum absolute atomic E-state index is 11.3. The molecule has 0 rings (SSSR count). The third-order valence-corrected chi connectivity index (χ3v) is 1.35. The van der Waals surface area contributed by atoms with E-state index < -0.39 is 5.60 Å². The molecule has 0 fully saturated rings. The maximum atomic E-state index is 11.3. The van der Waals surface area contributed by atoms with E-state index in [4.69, 9.17) is 10.5 Å². The molecule has 0 aliphatic rings. The predicted molar refractivity (Wildman–Crippen MR) is 57.6 cm³/mol. The Balaban J connectivity index is 4.16. The molecule has 3 nitrogen and oxygen atoms in total. The Hall–Kier alpha value is -0.990. The van der Waals surface area contributed by atoms with E-state index in [1.165, 1.54) is 6.08 Å². The standard InChI is InChI=1S/C11H21NO2/c1-8(2)6-9(12)7-10(13)14-11(3,4)5/h7-8H,6,12H2,1-5H3. The first-order chi connectivity index (χ1) is 6.20. The monoisotopic (exact) mass is 199 g/mol. The van der Waals surface area contributed by atoms with Gasteiger partial charge in [-0.05, 0) is 33.1 Å². The zero-order chi connectivity index (χ0) is 11.4. The Morgan fingerprint density at radius 3 is 2.29 bits per heavy atom. The molecule has 0 unspecified atom stereocenters. The van der Waals surface area contributed by atoms with Crippen molar-refractivity contribution >= 4 is 5.97 Å². The van der Waals surface area contributed by atoms with Crippen LogP contribution in [0.5, 0.6) is 0 Å². The summed E-state index contributed by atoms with van der Waals surface area (Å²) in [5.74, 6) is 0.0873. The number of rotatable bonds is 3. The molecule has 0 saturated carbocycles. The number of carbonyl (C=O) groups excluding carboxylic acids is 1. The van der Waals surface area contributed by atoms with Gasteiger partial charge in [0.05, 0.1) is 0 Å². The van der Waals surface area contributed by atoms with Gasteiger partial charge in [-0.3, -0.25) is 0 Å². The molecule has 0 spiro atoms. The molecule has 82 valence electrons. The second kappa shape index (κ2) is 5.03. The van der Waals surface area contributed by atoms with Gasteiger partial charge in [-0.15, -0.1) is 0 Å². The molecule has 0 aliphatic carbocycles. The van der Waals surface area contributed by atoms with Crippen molar-refractivity contribution in [1.82, 2.24) is 0 Å². The summed E-state index contributed by atoms with van der Waals surface area (Å²) in [4.78, 5) is 11.3. The molecule has 0 saturated heterocycles. The average molecular weight is 199 g/mol. The minimum Gasteiger partial charge on any atom is -0.457 e. The topological polar surface area (TPSA) is 52.3 Å². The van der Waals surface area contributed by atoms with Crippen molar-refractivity contribution in [3.63, 3.8) is 0 Å². The molecule has 0 radical (unpaired) electrons. The second-order valence-corrected chi connectivity index (χ2v) is 4.85. The van der Waals surface area contributed by atoms with Crippen LogP contribution in [0, 0.1) is 5.92 Å². The number of allylic oxidation sites excluding steroid dienone is 1. The highest BCUT2D eigenvalue weighted by atomic mass is 16.6. The summed E-state index contributed by atoms with van der Waals surface area (Å²) in [6.07, 6.45) is 2.09. The first-order valence-electron chi connectivity index (χ1n) is 4.89. The summed E-state index contributed by atoms with van der Waals surface area (Å²) in [5.41, 5.74) is 5.78. The van der Waals surface area contributed by atoms with Crippen molar-refractivity contribution in [1.29, 1.82) is 0 Å². The lowest BCUT2D eigenvalue weighted by Crippen LogP contribution is -2.23. The molecule has 0 aliphatic heterocycles. The lowest BCUT2D eigenvalue weighted by Gasteiger charge is -2.18. The zero-order valence-corrected chi connectivity index (χ0v) is 9.76. The summed E-state index contributed by atoms with van der Waals surface area (Å²) in [6.45, 7) is 9.59. The Labute approximate surface area is 86.3 Å². The molecule has 0 aromatic heterocycles. The van der Waals surface area contributed by atoms with E-state index in [1.54, 1.807) is 0 Å². The van der Waals surface area contributed by atoms with E-state index in [9.17, 15) is 4.79 Å². The van der Waals surface area contributed by atoms with Gasteiger partial charge in [0.15, 0.2) is 0 Å². The van der Waals surface area contributed by atoms with Gasteiger partial charge in [-0.2, -0.15) is 0 Å². The van der Waals surface area contributed by atoms with E-state index in [0.29, 0.717) is 11.6 Å². The first-order valence-corrected chi connectivity index (χ1v) is 4.89. The van der Waals surface area contributed by atoms with Gasteiger partial charge >= 0.3 is 5.97 Å². The van der Waals surface area contributed by atoms with Crippen LogP contribution in [0.2, 0.25) is 0 Å². The Morgan fingerprint density at radius 2 is 1.93 bits per heavy atom. The lowest BCUT2D eigenvalue weighted by molar-refractivity contribution is -0.148. The average Bonchev–Trinajstić information content (AvgIpc) is 1.77. The van der Waals surface area contributed by atoms with E-state index in [1.807, 2.05) is 20.8 Å². The normalized spacial score (nSPS) is 13.1. The van der Waals surface area contributed by atoms with E-state index in [2.05, 4.69) is 13.8 Å². The van der Waals surface area contributed by atoms with Gasteiger partial charge in [-0.25, -0.2) is 4.79 Å². The summed E-state index contributed by atoms with van der Waals surface area (Å²) in [6, 6.07) is 0. The van der Waals surface area contributed by atoms with E-state index in [0.717, 1.165) is 6.42 Å². The van der Waals surface area contributed by atoms with E-state index >= 15 is 0 Å². The van der Waals surface area contributed by atoms with Crippen LogP contribution in [0.3, 0.4) is 0 Å². The van der Waals surface area contributed by atoms with Crippen molar-refractivity contribution in [2.45, 2.75) is 46.6 Å². The molecule has 0 heterocycles. The summed E-state index contributed by atoms with van der Waals surface area (Å²) >= 11 is 0. The van der Waals surface area contributed by atoms with Crippen molar-refractivity contribution in [2.75, 3.05) is 0 Å². The van der Waals surface area contributed by atoms with Gasteiger partial charge in [0, 0.05) is 11.8 Å². The number of esters is 1. The number of nitrogens with two attached hydrogens (primary N) is 1. The summed E-state index contributed by atoms with van der Waals surface area (Å²) in [7, 11) is 0. The van der Waals surface area contributed by atoms with Crippen LogP contribution in [-0.4, -0.2) is 11.6 Å². The number of carbonyl (C=O) groups is 1. The Morgan fingerprint density at radius 1 is 1.43 bits per heavy atom. The van der Waals surface area contributed by atoms with Crippen molar-refractivity contribution in [2.24, 2.45) is 11.7 Å². The summed E-state index contributed by atoms with van der Waals surface area (Å²) < 4.78 is 5.09. The fourth-order valence-electron chi connectivity index (χ4n) is 1.01. The van der Waals surface area contributed by atoms with Crippen LogP contribution < -0.4 is 5.73 Å². The van der Waals surface area contributed by atoms with Crippen LogP contribution in [0.25, 0.3) is 0 Å². The van der Waals surface area contributed by atoms with Gasteiger partial charge in [0.25, 0.3) is 0 Å². The van der Waals surface area contributed by atoms with Crippen molar-refractivity contribution in [3.8, 4) is 0 Å². The highest BCUT2D eigenvalue weighted by Gasteiger charge is 2.14. The Bertz CT molecular complexity index is 224. The number of hydrogen-bond acceptors (Lipinski definition) is 3. The van der Waals surface area contributed by atoms with Gasteiger partial charge < -0.3 is 10.5 Å². The highest BCUT2D eigenvalue weighted by Crippen LogP contribution is 2.09. The SMILES string of the molecule is CC(C)CC(N)=CC(=O)OC(C)(C)C. The minimum atomic E-state index is -0.453.